The zero-order valence-corrected chi connectivity index (χ0v) is 11.0. The van der Waals surface area contributed by atoms with Gasteiger partial charge in [-0.15, -0.1) is 16.8 Å². The lowest BCUT2D eigenvalue weighted by Gasteiger charge is -2.07. The van der Waals surface area contributed by atoms with Crippen molar-refractivity contribution in [1.82, 2.24) is 14.8 Å². The smallest absolute Gasteiger partial charge is 0.191 e. The topological polar surface area (TPSA) is 30.7 Å². The zero-order chi connectivity index (χ0) is 13.0. The Kier molecular flexibility index (Phi) is 4.15. The third-order valence-electron chi connectivity index (χ3n) is 2.42. The maximum atomic E-state index is 13.8. The molecule has 1 heterocycles. The standard InChI is InChI=1S/C13H14FN3S/c1-3-9-17-12(15-16-13(17)18-4-2)10-7-5-6-8-11(10)14/h3,5-8H,1,4,9H2,2H3. The van der Waals surface area contributed by atoms with Gasteiger partial charge in [-0.3, -0.25) is 4.57 Å². The van der Waals surface area contributed by atoms with Crippen molar-refractivity contribution < 1.29 is 4.39 Å². The normalized spacial score (nSPS) is 10.6. The van der Waals surface area contributed by atoms with E-state index in [1.165, 1.54) is 6.07 Å². The summed E-state index contributed by atoms with van der Waals surface area (Å²) in [6, 6.07) is 6.58. The van der Waals surface area contributed by atoms with E-state index in [4.69, 9.17) is 0 Å². The molecule has 0 amide bonds. The molecular formula is C13H14FN3S. The Labute approximate surface area is 110 Å². The van der Waals surface area contributed by atoms with E-state index in [0.717, 1.165) is 10.9 Å². The molecule has 3 nitrogen and oxygen atoms in total. The van der Waals surface area contributed by atoms with E-state index in [1.807, 2.05) is 11.5 Å². The highest BCUT2D eigenvalue weighted by atomic mass is 32.2. The minimum atomic E-state index is -0.289. The van der Waals surface area contributed by atoms with Gasteiger partial charge in [0.2, 0.25) is 0 Å². The lowest BCUT2D eigenvalue weighted by Crippen LogP contribution is -2.01. The van der Waals surface area contributed by atoms with Crippen LogP contribution in [0.25, 0.3) is 11.4 Å². The van der Waals surface area contributed by atoms with Crippen LogP contribution in [0, 0.1) is 5.82 Å². The number of hydrogen-bond donors (Lipinski definition) is 0. The quantitative estimate of drug-likeness (QED) is 0.612. The van der Waals surface area contributed by atoms with Crippen molar-refractivity contribution in [3.05, 3.63) is 42.7 Å². The lowest BCUT2D eigenvalue weighted by atomic mass is 10.2. The largest absolute Gasteiger partial charge is 0.298 e. The fraction of sp³-hybridized carbons (Fsp3) is 0.231. The molecule has 0 aliphatic heterocycles. The third-order valence-corrected chi connectivity index (χ3v) is 3.27. The van der Waals surface area contributed by atoms with Gasteiger partial charge in [0.25, 0.3) is 0 Å². The van der Waals surface area contributed by atoms with Gasteiger partial charge in [-0.1, -0.05) is 36.9 Å². The van der Waals surface area contributed by atoms with E-state index in [-0.39, 0.29) is 5.82 Å². The molecule has 0 atom stereocenters. The van der Waals surface area contributed by atoms with Crippen molar-refractivity contribution in [2.75, 3.05) is 5.75 Å². The molecular weight excluding hydrogens is 249 g/mol. The third kappa shape index (κ3) is 2.46. The second-order valence-corrected chi connectivity index (χ2v) is 4.85. The van der Waals surface area contributed by atoms with E-state index in [0.29, 0.717) is 17.9 Å². The summed E-state index contributed by atoms with van der Waals surface area (Å²) in [5.74, 6) is 1.15. The minimum Gasteiger partial charge on any atom is -0.298 e. The molecule has 0 spiro atoms. The van der Waals surface area contributed by atoms with Gasteiger partial charge in [-0.2, -0.15) is 0 Å². The van der Waals surface area contributed by atoms with Crippen molar-refractivity contribution in [1.29, 1.82) is 0 Å². The molecule has 0 radical (unpaired) electrons. The average molecular weight is 263 g/mol. The second kappa shape index (κ2) is 5.82. The van der Waals surface area contributed by atoms with E-state index >= 15 is 0 Å². The Morgan fingerprint density at radius 1 is 1.39 bits per heavy atom. The fourth-order valence-electron chi connectivity index (χ4n) is 1.66. The molecule has 0 aliphatic rings. The van der Waals surface area contributed by atoms with Crippen LogP contribution >= 0.6 is 11.8 Å². The summed E-state index contributed by atoms with van der Waals surface area (Å²) >= 11 is 1.58. The van der Waals surface area contributed by atoms with Gasteiger partial charge < -0.3 is 0 Å². The first-order valence-corrected chi connectivity index (χ1v) is 6.68. The predicted molar refractivity (Wildman–Crippen MR) is 72.0 cm³/mol. The number of thioether (sulfide) groups is 1. The first-order valence-electron chi connectivity index (χ1n) is 5.69. The van der Waals surface area contributed by atoms with E-state index in [2.05, 4.69) is 16.8 Å². The Morgan fingerprint density at radius 3 is 2.83 bits per heavy atom. The van der Waals surface area contributed by atoms with Crippen LogP contribution in [-0.2, 0) is 6.54 Å². The second-order valence-electron chi connectivity index (χ2n) is 3.62. The molecule has 0 saturated heterocycles. The monoisotopic (exact) mass is 263 g/mol. The van der Waals surface area contributed by atoms with Crippen LogP contribution in [0.4, 0.5) is 4.39 Å². The van der Waals surface area contributed by atoms with Crippen LogP contribution < -0.4 is 0 Å². The first-order chi connectivity index (χ1) is 8.77. The highest BCUT2D eigenvalue weighted by Crippen LogP contribution is 2.25. The maximum absolute atomic E-state index is 13.8. The number of benzene rings is 1. The molecule has 0 bridgehead atoms. The zero-order valence-electron chi connectivity index (χ0n) is 10.1. The average Bonchev–Trinajstić information content (AvgIpc) is 2.74. The number of allylic oxidation sites excluding steroid dienone is 1. The van der Waals surface area contributed by atoms with Crippen molar-refractivity contribution in [3.8, 4) is 11.4 Å². The molecule has 0 unspecified atom stereocenters. The van der Waals surface area contributed by atoms with Crippen molar-refractivity contribution >= 4 is 11.8 Å². The van der Waals surface area contributed by atoms with Crippen LogP contribution in [0.3, 0.4) is 0 Å². The highest BCUT2D eigenvalue weighted by Gasteiger charge is 2.15. The molecule has 0 fully saturated rings. The Morgan fingerprint density at radius 2 is 2.17 bits per heavy atom. The predicted octanol–water partition coefficient (Wildman–Crippen LogP) is 3.38. The number of rotatable bonds is 5. The first kappa shape index (κ1) is 12.8. The summed E-state index contributed by atoms with van der Waals surface area (Å²) in [7, 11) is 0. The van der Waals surface area contributed by atoms with Gasteiger partial charge in [0.1, 0.15) is 5.82 Å². The van der Waals surface area contributed by atoms with Crippen LogP contribution in [0.1, 0.15) is 6.92 Å². The van der Waals surface area contributed by atoms with Gasteiger partial charge in [-0.25, -0.2) is 4.39 Å². The van der Waals surface area contributed by atoms with Gasteiger partial charge in [-0.05, 0) is 17.9 Å². The fourth-order valence-corrected chi connectivity index (χ4v) is 2.33. The molecule has 2 rings (SSSR count). The van der Waals surface area contributed by atoms with Crippen LogP contribution in [0.5, 0.6) is 0 Å². The van der Waals surface area contributed by atoms with E-state index in [1.54, 1.807) is 36.0 Å². The minimum absolute atomic E-state index is 0.289. The SMILES string of the molecule is C=CCn1c(SCC)nnc1-c1ccccc1F. The highest BCUT2D eigenvalue weighted by molar-refractivity contribution is 7.99. The Bertz CT molecular complexity index is 551. The molecule has 18 heavy (non-hydrogen) atoms. The summed E-state index contributed by atoms with van der Waals surface area (Å²) in [5, 5.41) is 8.98. The molecule has 5 heteroatoms. The Balaban J connectivity index is 2.50. The van der Waals surface area contributed by atoms with Crippen LogP contribution in [0.15, 0.2) is 42.1 Å². The molecule has 0 saturated carbocycles. The van der Waals surface area contributed by atoms with Crippen LogP contribution in [-0.4, -0.2) is 20.5 Å². The summed E-state index contributed by atoms with van der Waals surface area (Å²) in [4.78, 5) is 0. The molecule has 1 aromatic carbocycles. The van der Waals surface area contributed by atoms with Gasteiger partial charge in [0, 0.05) is 6.54 Å². The van der Waals surface area contributed by atoms with Crippen molar-refractivity contribution in [3.63, 3.8) is 0 Å². The molecule has 94 valence electrons. The number of hydrogen-bond acceptors (Lipinski definition) is 3. The molecule has 1 aromatic heterocycles. The number of nitrogens with zero attached hydrogens (tertiary/aromatic N) is 3. The van der Waals surface area contributed by atoms with Gasteiger partial charge in [0.15, 0.2) is 11.0 Å². The summed E-state index contributed by atoms with van der Waals surface area (Å²) in [6.45, 7) is 6.33. The van der Waals surface area contributed by atoms with Gasteiger partial charge >= 0.3 is 0 Å². The molecule has 0 aliphatic carbocycles. The summed E-state index contributed by atoms with van der Waals surface area (Å²) < 4.78 is 15.7. The molecule has 0 N–H and O–H groups in total. The van der Waals surface area contributed by atoms with Gasteiger partial charge in [0.05, 0.1) is 5.56 Å². The van der Waals surface area contributed by atoms with E-state index < -0.39 is 0 Å². The Hall–Kier alpha value is -1.62. The maximum Gasteiger partial charge on any atom is 0.191 e. The number of halogens is 1. The summed E-state index contributed by atoms with van der Waals surface area (Å²) in [6.07, 6.45) is 1.76. The van der Waals surface area contributed by atoms with Crippen LogP contribution in [0.2, 0.25) is 0 Å². The lowest BCUT2D eigenvalue weighted by molar-refractivity contribution is 0.626. The van der Waals surface area contributed by atoms with Crippen molar-refractivity contribution in [2.45, 2.75) is 18.6 Å². The summed E-state index contributed by atoms with van der Waals surface area (Å²) in [5.41, 5.74) is 0.467. The van der Waals surface area contributed by atoms with E-state index in [9.17, 15) is 4.39 Å². The molecule has 2 aromatic rings. The van der Waals surface area contributed by atoms with Crippen molar-refractivity contribution in [2.24, 2.45) is 0 Å². The number of aromatic nitrogens is 3.